The van der Waals surface area contributed by atoms with Crippen molar-refractivity contribution < 1.29 is 13.9 Å². The zero-order valence-corrected chi connectivity index (χ0v) is 15.5. The van der Waals surface area contributed by atoms with Crippen LogP contribution in [-0.4, -0.2) is 30.6 Å². The van der Waals surface area contributed by atoms with Crippen molar-refractivity contribution in [3.05, 3.63) is 69.9 Å². The fourth-order valence-electron chi connectivity index (χ4n) is 3.10. The number of ether oxygens (including phenoxy) is 1. The van der Waals surface area contributed by atoms with Crippen molar-refractivity contribution in [2.24, 2.45) is 5.92 Å². The van der Waals surface area contributed by atoms with E-state index < -0.39 is 5.82 Å². The maximum absolute atomic E-state index is 14.2. The van der Waals surface area contributed by atoms with Crippen LogP contribution in [0.3, 0.4) is 0 Å². The van der Waals surface area contributed by atoms with E-state index in [2.05, 4.69) is 15.9 Å². The van der Waals surface area contributed by atoms with Crippen molar-refractivity contribution in [3.63, 3.8) is 0 Å². The molecular weight excluding hydrogens is 385 g/mol. The van der Waals surface area contributed by atoms with Crippen LogP contribution in [0.1, 0.15) is 28.8 Å². The number of halogens is 2. The van der Waals surface area contributed by atoms with E-state index in [1.54, 1.807) is 17.0 Å². The van der Waals surface area contributed by atoms with E-state index >= 15 is 0 Å². The number of benzene rings is 2. The zero-order chi connectivity index (χ0) is 17.6. The van der Waals surface area contributed by atoms with Crippen LogP contribution in [0.5, 0.6) is 0 Å². The third-order valence-corrected chi connectivity index (χ3v) is 4.97. The van der Waals surface area contributed by atoms with Crippen molar-refractivity contribution in [2.45, 2.75) is 19.4 Å². The Hall–Kier alpha value is -1.72. The highest BCUT2D eigenvalue weighted by Gasteiger charge is 2.24. The van der Waals surface area contributed by atoms with Crippen LogP contribution in [0.2, 0.25) is 0 Å². The number of carbonyl (C=O) groups excluding carboxylic acids is 1. The van der Waals surface area contributed by atoms with Gasteiger partial charge < -0.3 is 9.64 Å². The van der Waals surface area contributed by atoms with E-state index in [4.69, 9.17) is 4.74 Å². The van der Waals surface area contributed by atoms with Crippen LogP contribution in [0.4, 0.5) is 4.39 Å². The lowest BCUT2D eigenvalue weighted by molar-refractivity contribution is 0.0443. The molecule has 25 heavy (non-hydrogen) atoms. The topological polar surface area (TPSA) is 29.5 Å². The van der Waals surface area contributed by atoms with Crippen molar-refractivity contribution >= 4 is 21.8 Å². The molecular formula is C20H21BrFNO2. The molecule has 0 aliphatic carbocycles. The van der Waals surface area contributed by atoms with Gasteiger partial charge in [-0.2, -0.15) is 0 Å². The third kappa shape index (κ3) is 4.89. The fraction of sp³-hybridized carbons (Fsp3) is 0.350. The summed E-state index contributed by atoms with van der Waals surface area (Å²) in [5.41, 5.74) is 1.15. The van der Waals surface area contributed by atoms with Crippen molar-refractivity contribution in [2.75, 3.05) is 19.8 Å². The Labute approximate surface area is 155 Å². The Morgan fingerprint density at radius 1 is 1.16 bits per heavy atom. The molecule has 0 atom stereocenters. The molecule has 0 unspecified atom stereocenters. The first kappa shape index (κ1) is 18.1. The summed E-state index contributed by atoms with van der Waals surface area (Å²) >= 11 is 3.33. The highest BCUT2D eigenvalue weighted by atomic mass is 79.9. The van der Waals surface area contributed by atoms with E-state index in [1.165, 1.54) is 6.07 Å². The van der Waals surface area contributed by atoms with Gasteiger partial charge in [-0.3, -0.25) is 4.79 Å². The Morgan fingerprint density at radius 3 is 2.60 bits per heavy atom. The number of carbonyl (C=O) groups is 1. The van der Waals surface area contributed by atoms with Gasteiger partial charge in [0.25, 0.3) is 5.91 Å². The minimum absolute atomic E-state index is 0.109. The molecule has 3 rings (SSSR count). The highest BCUT2D eigenvalue weighted by molar-refractivity contribution is 9.10. The molecule has 1 saturated heterocycles. The van der Waals surface area contributed by atoms with Gasteiger partial charge in [0.05, 0.1) is 5.56 Å². The first-order valence-electron chi connectivity index (χ1n) is 8.49. The maximum atomic E-state index is 14.2. The molecule has 0 radical (unpaired) electrons. The lowest BCUT2D eigenvalue weighted by Gasteiger charge is -2.30. The van der Waals surface area contributed by atoms with Gasteiger partial charge >= 0.3 is 0 Å². The molecule has 2 aromatic carbocycles. The lowest BCUT2D eigenvalue weighted by Crippen LogP contribution is -2.37. The van der Waals surface area contributed by atoms with Crippen LogP contribution in [0.15, 0.2) is 53.0 Å². The summed E-state index contributed by atoms with van der Waals surface area (Å²) in [7, 11) is 0. The number of hydrogen-bond donors (Lipinski definition) is 0. The van der Waals surface area contributed by atoms with E-state index in [-0.39, 0.29) is 11.5 Å². The lowest BCUT2D eigenvalue weighted by atomic mass is 9.99. The molecule has 0 aromatic heterocycles. The minimum atomic E-state index is -0.488. The molecule has 2 aromatic rings. The molecule has 5 heteroatoms. The molecule has 0 spiro atoms. The van der Waals surface area contributed by atoms with Crippen LogP contribution < -0.4 is 0 Å². The van der Waals surface area contributed by atoms with Crippen LogP contribution >= 0.6 is 15.9 Å². The summed E-state index contributed by atoms with van der Waals surface area (Å²) in [5.74, 6) is -0.371. The molecule has 1 heterocycles. The smallest absolute Gasteiger partial charge is 0.257 e. The van der Waals surface area contributed by atoms with Gasteiger partial charge in [0, 0.05) is 30.8 Å². The first-order chi connectivity index (χ1) is 12.1. The van der Waals surface area contributed by atoms with E-state index in [9.17, 15) is 9.18 Å². The van der Waals surface area contributed by atoms with E-state index in [0.717, 1.165) is 31.6 Å². The average Bonchev–Trinajstić information content (AvgIpc) is 2.64. The summed E-state index contributed by atoms with van der Waals surface area (Å²) < 4.78 is 20.3. The van der Waals surface area contributed by atoms with E-state index in [1.807, 2.05) is 30.3 Å². The molecule has 132 valence electrons. The van der Waals surface area contributed by atoms with Crippen molar-refractivity contribution in [1.29, 1.82) is 0 Å². The van der Waals surface area contributed by atoms with Gasteiger partial charge in [-0.05, 0) is 42.5 Å². The first-order valence-corrected chi connectivity index (χ1v) is 9.29. The van der Waals surface area contributed by atoms with Gasteiger partial charge in [0.1, 0.15) is 5.82 Å². The third-order valence-electron chi connectivity index (χ3n) is 4.48. The molecule has 1 amide bonds. The Bertz CT molecular complexity index is 717. The standard InChI is InChI=1S/C20H21BrFNO2/c21-17-6-7-19(22)18(12-17)20(24)23(13-15-4-2-1-3-5-15)14-16-8-10-25-11-9-16/h1-7,12,16H,8-11,13-14H2. The molecule has 1 fully saturated rings. The van der Waals surface area contributed by atoms with Crippen LogP contribution in [0, 0.1) is 11.7 Å². The van der Waals surface area contributed by atoms with Gasteiger partial charge in [-0.25, -0.2) is 4.39 Å². The second-order valence-corrected chi connectivity index (χ2v) is 7.27. The Balaban J connectivity index is 1.83. The molecule has 0 bridgehead atoms. The van der Waals surface area contributed by atoms with Crippen LogP contribution in [0.25, 0.3) is 0 Å². The Kier molecular flexibility index (Phi) is 6.21. The second kappa shape index (κ2) is 8.59. The molecule has 1 aliphatic heterocycles. The van der Waals surface area contributed by atoms with Gasteiger partial charge in [0.15, 0.2) is 0 Å². The minimum Gasteiger partial charge on any atom is -0.381 e. The zero-order valence-electron chi connectivity index (χ0n) is 14.0. The number of rotatable bonds is 5. The molecule has 0 N–H and O–H groups in total. The van der Waals surface area contributed by atoms with Crippen LogP contribution in [-0.2, 0) is 11.3 Å². The quantitative estimate of drug-likeness (QED) is 0.723. The van der Waals surface area contributed by atoms with E-state index in [0.29, 0.717) is 23.5 Å². The highest BCUT2D eigenvalue weighted by Crippen LogP contribution is 2.22. The SMILES string of the molecule is O=C(c1cc(Br)ccc1F)N(Cc1ccccc1)CC1CCOCC1. The number of nitrogens with zero attached hydrogens (tertiary/aromatic N) is 1. The largest absolute Gasteiger partial charge is 0.381 e. The van der Waals surface area contributed by atoms with Crippen molar-refractivity contribution in [3.8, 4) is 0 Å². The van der Waals surface area contributed by atoms with Gasteiger partial charge in [-0.15, -0.1) is 0 Å². The second-order valence-electron chi connectivity index (χ2n) is 6.35. The maximum Gasteiger partial charge on any atom is 0.257 e. The van der Waals surface area contributed by atoms with Crippen molar-refractivity contribution in [1.82, 2.24) is 4.90 Å². The van der Waals surface area contributed by atoms with Gasteiger partial charge in [0.2, 0.25) is 0 Å². The average molecular weight is 406 g/mol. The summed E-state index contributed by atoms with van der Waals surface area (Å²) in [4.78, 5) is 14.8. The monoisotopic (exact) mass is 405 g/mol. The summed E-state index contributed by atoms with van der Waals surface area (Å²) in [6.45, 7) is 2.54. The summed E-state index contributed by atoms with van der Waals surface area (Å²) in [6, 6.07) is 14.3. The number of hydrogen-bond acceptors (Lipinski definition) is 2. The summed E-state index contributed by atoms with van der Waals surface area (Å²) in [5, 5.41) is 0. The molecule has 0 saturated carbocycles. The normalized spacial score (nSPS) is 15.1. The Morgan fingerprint density at radius 2 is 1.88 bits per heavy atom. The van der Waals surface area contributed by atoms with Gasteiger partial charge in [-0.1, -0.05) is 46.3 Å². The summed E-state index contributed by atoms with van der Waals surface area (Å²) in [6.07, 6.45) is 1.86. The number of amides is 1. The fourth-order valence-corrected chi connectivity index (χ4v) is 3.46. The molecule has 1 aliphatic rings. The predicted molar refractivity (Wildman–Crippen MR) is 98.8 cm³/mol. The predicted octanol–water partition coefficient (Wildman–Crippen LogP) is 4.66. The molecule has 3 nitrogen and oxygen atoms in total.